The number of rotatable bonds is 9. The number of nitrogens with one attached hydrogen (secondary N) is 1. The van der Waals surface area contributed by atoms with Crippen molar-refractivity contribution in [2.75, 3.05) is 19.8 Å². The molecule has 0 aliphatic heterocycles. The molecule has 0 radical (unpaired) electrons. The SMILES string of the molecule is CC(C)CCCOCC(O)CNC1CCCC1(C)C. The summed E-state index contributed by atoms with van der Waals surface area (Å²) in [7, 11) is 0. The Kier molecular flexibility index (Phi) is 7.33. The Hall–Kier alpha value is -0.120. The van der Waals surface area contributed by atoms with Crippen LogP contribution >= 0.6 is 0 Å². The predicted molar refractivity (Wildman–Crippen MR) is 80.3 cm³/mol. The topological polar surface area (TPSA) is 41.5 Å². The van der Waals surface area contributed by atoms with Gasteiger partial charge in [0.05, 0.1) is 12.7 Å². The van der Waals surface area contributed by atoms with E-state index in [0.29, 0.717) is 24.6 Å². The largest absolute Gasteiger partial charge is 0.389 e. The van der Waals surface area contributed by atoms with E-state index >= 15 is 0 Å². The summed E-state index contributed by atoms with van der Waals surface area (Å²) in [6.07, 6.45) is 5.72. The van der Waals surface area contributed by atoms with Crippen LogP contribution in [0.25, 0.3) is 0 Å². The van der Waals surface area contributed by atoms with E-state index in [2.05, 4.69) is 33.0 Å². The van der Waals surface area contributed by atoms with E-state index in [0.717, 1.165) is 18.9 Å². The first kappa shape index (κ1) is 16.9. The fourth-order valence-electron chi connectivity index (χ4n) is 2.86. The molecule has 0 aromatic rings. The highest BCUT2D eigenvalue weighted by Gasteiger charge is 2.34. The lowest BCUT2D eigenvalue weighted by Crippen LogP contribution is -2.42. The van der Waals surface area contributed by atoms with Gasteiger partial charge in [-0.25, -0.2) is 0 Å². The van der Waals surface area contributed by atoms with E-state index in [9.17, 15) is 5.11 Å². The lowest BCUT2D eigenvalue weighted by molar-refractivity contribution is 0.0317. The fraction of sp³-hybridized carbons (Fsp3) is 1.00. The summed E-state index contributed by atoms with van der Waals surface area (Å²) in [6, 6.07) is 0.545. The molecule has 0 heterocycles. The molecule has 0 spiro atoms. The average molecular weight is 271 g/mol. The minimum absolute atomic E-state index is 0.373. The monoisotopic (exact) mass is 271 g/mol. The third kappa shape index (κ3) is 6.73. The Morgan fingerprint density at radius 1 is 1.37 bits per heavy atom. The fourth-order valence-corrected chi connectivity index (χ4v) is 2.86. The number of hydrogen-bond donors (Lipinski definition) is 2. The van der Waals surface area contributed by atoms with Crippen molar-refractivity contribution in [2.24, 2.45) is 11.3 Å². The van der Waals surface area contributed by atoms with Crippen LogP contribution in [-0.4, -0.2) is 37.0 Å². The second kappa shape index (κ2) is 8.23. The van der Waals surface area contributed by atoms with E-state index in [1.165, 1.54) is 25.7 Å². The minimum atomic E-state index is -0.379. The highest BCUT2D eigenvalue weighted by atomic mass is 16.5. The smallest absolute Gasteiger partial charge is 0.0897 e. The first-order valence-electron chi connectivity index (χ1n) is 7.91. The van der Waals surface area contributed by atoms with Crippen LogP contribution in [0.1, 0.15) is 59.8 Å². The zero-order chi connectivity index (χ0) is 14.3. The van der Waals surface area contributed by atoms with Gasteiger partial charge >= 0.3 is 0 Å². The number of aliphatic hydroxyl groups excluding tert-OH is 1. The standard InChI is InChI=1S/C16H33NO2/c1-13(2)7-6-10-19-12-14(18)11-17-15-8-5-9-16(15,3)4/h13-15,17-18H,5-12H2,1-4H3. The molecule has 2 atom stereocenters. The molecule has 1 aliphatic carbocycles. The molecule has 0 bridgehead atoms. The Morgan fingerprint density at radius 3 is 2.68 bits per heavy atom. The molecule has 0 saturated heterocycles. The van der Waals surface area contributed by atoms with Crippen molar-refractivity contribution in [3.63, 3.8) is 0 Å². The molecule has 0 amide bonds. The van der Waals surface area contributed by atoms with Gasteiger partial charge in [-0.3, -0.25) is 0 Å². The van der Waals surface area contributed by atoms with Gasteiger partial charge in [0.1, 0.15) is 0 Å². The zero-order valence-electron chi connectivity index (χ0n) is 13.2. The first-order chi connectivity index (χ1) is 8.92. The number of hydrogen-bond acceptors (Lipinski definition) is 3. The predicted octanol–water partition coefficient (Wildman–Crippen LogP) is 2.97. The summed E-state index contributed by atoms with van der Waals surface area (Å²) in [5.41, 5.74) is 0.373. The average Bonchev–Trinajstić information content (AvgIpc) is 2.65. The molecule has 2 unspecified atom stereocenters. The molecule has 2 N–H and O–H groups in total. The second-order valence-corrected chi connectivity index (χ2v) is 7.11. The van der Waals surface area contributed by atoms with Crippen LogP contribution < -0.4 is 5.32 Å². The van der Waals surface area contributed by atoms with Crippen LogP contribution in [0.15, 0.2) is 0 Å². The molecule has 1 rings (SSSR count). The van der Waals surface area contributed by atoms with Gasteiger partial charge in [-0.2, -0.15) is 0 Å². The van der Waals surface area contributed by atoms with Gasteiger partial charge in [-0.15, -0.1) is 0 Å². The van der Waals surface area contributed by atoms with Gasteiger partial charge in [0.2, 0.25) is 0 Å². The van der Waals surface area contributed by atoms with Gasteiger partial charge in [0.25, 0.3) is 0 Å². The lowest BCUT2D eigenvalue weighted by atomic mass is 9.87. The maximum atomic E-state index is 9.90. The second-order valence-electron chi connectivity index (χ2n) is 7.11. The quantitative estimate of drug-likeness (QED) is 0.634. The van der Waals surface area contributed by atoms with E-state index in [1.54, 1.807) is 0 Å². The highest BCUT2D eigenvalue weighted by molar-refractivity contribution is 4.90. The zero-order valence-corrected chi connectivity index (χ0v) is 13.2. The molecule has 3 nitrogen and oxygen atoms in total. The summed E-state index contributed by atoms with van der Waals surface area (Å²) in [6.45, 7) is 10.9. The van der Waals surface area contributed by atoms with Gasteiger partial charge < -0.3 is 15.2 Å². The van der Waals surface area contributed by atoms with E-state index < -0.39 is 0 Å². The van der Waals surface area contributed by atoms with Crippen molar-refractivity contribution in [3.05, 3.63) is 0 Å². The van der Waals surface area contributed by atoms with Crippen LogP contribution in [0.4, 0.5) is 0 Å². The van der Waals surface area contributed by atoms with Crippen LogP contribution in [-0.2, 0) is 4.74 Å². The van der Waals surface area contributed by atoms with Crippen molar-refractivity contribution in [2.45, 2.75) is 71.9 Å². The third-order valence-electron chi connectivity index (χ3n) is 4.24. The van der Waals surface area contributed by atoms with Gasteiger partial charge in [0.15, 0.2) is 0 Å². The Bertz CT molecular complexity index is 241. The van der Waals surface area contributed by atoms with Crippen LogP contribution in [0.2, 0.25) is 0 Å². The summed E-state index contributed by atoms with van der Waals surface area (Å²) in [4.78, 5) is 0. The molecule has 1 aliphatic rings. The van der Waals surface area contributed by atoms with Crippen molar-refractivity contribution < 1.29 is 9.84 Å². The van der Waals surface area contributed by atoms with Gasteiger partial charge in [-0.05, 0) is 37.0 Å². The summed E-state index contributed by atoms with van der Waals surface area (Å²) in [5.74, 6) is 0.736. The van der Waals surface area contributed by atoms with Gasteiger partial charge in [-0.1, -0.05) is 34.1 Å². The molecule has 19 heavy (non-hydrogen) atoms. The highest BCUT2D eigenvalue weighted by Crippen LogP contribution is 2.36. The minimum Gasteiger partial charge on any atom is -0.389 e. The molecule has 1 fully saturated rings. The Morgan fingerprint density at radius 2 is 2.11 bits per heavy atom. The summed E-state index contributed by atoms with van der Waals surface area (Å²) < 4.78 is 5.52. The number of ether oxygens (including phenoxy) is 1. The molecule has 0 aromatic carbocycles. The summed E-state index contributed by atoms with van der Waals surface area (Å²) in [5, 5.41) is 13.4. The normalized spacial score (nSPS) is 24.0. The molecular formula is C16H33NO2. The Balaban J connectivity index is 2.03. The first-order valence-corrected chi connectivity index (χ1v) is 7.91. The van der Waals surface area contributed by atoms with Crippen molar-refractivity contribution in [1.82, 2.24) is 5.32 Å². The van der Waals surface area contributed by atoms with Crippen LogP contribution in [0, 0.1) is 11.3 Å². The third-order valence-corrected chi connectivity index (χ3v) is 4.24. The Labute approximate surface area is 119 Å². The van der Waals surface area contributed by atoms with Crippen molar-refractivity contribution >= 4 is 0 Å². The maximum absolute atomic E-state index is 9.90. The molecule has 1 saturated carbocycles. The number of aliphatic hydroxyl groups is 1. The van der Waals surface area contributed by atoms with Crippen molar-refractivity contribution in [1.29, 1.82) is 0 Å². The van der Waals surface area contributed by atoms with Crippen molar-refractivity contribution in [3.8, 4) is 0 Å². The van der Waals surface area contributed by atoms with Gasteiger partial charge in [0, 0.05) is 19.2 Å². The van der Waals surface area contributed by atoms with Crippen LogP contribution in [0.5, 0.6) is 0 Å². The maximum Gasteiger partial charge on any atom is 0.0897 e. The van der Waals surface area contributed by atoms with E-state index in [1.807, 2.05) is 0 Å². The summed E-state index contributed by atoms with van der Waals surface area (Å²) >= 11 is 0. The molecule has 114 valence electrons. The van der Waals surface area contributed by atoms with E-state index in [4.69, 9.17) is 4.74 Å². The lowest BCUT2D eigenvalue weighted by Gasteiger charge is -2.28. The van der Waals surface area contributed by atoms with E-state index in [-0.39, 0.29) is 6.10 Å². The van der Waals surface area contributed by atoms with Crippen LogP contribution in [0.3, 0.4) is 0 Å². The molecule has 3 heteroatoms. The molecule has 0 aromatic heterocycles. The molecular weight excluding hydrogens is 238 g/mol.